The van der Waals surface area contributed by atoms with E-state index in [2.05, 4.69) is 9.97 Å². The Morgan fingerprint density at radius 1 is 1.33 bits per heavy atom. The molecule has 0 aliphatic carbocycles. The van der Waals surface area contributed by atoms with Crippen molar-refractivity contribution in [1.82, 2.24) is 14.5 Å². The van der Waals surface area contributed by atoms with Gasteiger partial charge in [-0.3, -0.25) is 14.3 Å². The molecule has 0 radical (unpaired) electrons. The number of fused-ring (bicyclic) bond motifs is 1. The van der Waals surface area contributed by atoms with Crippen molar-refractivity contribution in [1.29, 1.82) is 0 Å². The van der Waals surface area contributed by atoms with Crippen LogP contribution < -0.4 is 11.3 Å². The van der Waals surface area contributed by atoms with Crippen LogP contribution in [0.1, 0.15) is 25.2 Å². The standard InChI is InChI=1S/C16H13ClF2N4O/c1-2-12(20)15-22-14-11(19)4-3-10(17)13(14)16(24)23(15)9-5-8(18)6-21-7-9/h3-7,12H,2,20H2,1H3/t12-/m0/s1. The van der Waals surface area contributed by atoms with Gasteiger partial charge in [-0.05, 0) is 18.6 Å². The maximum Gasteiger partial charge on any atom is 0.267 e. The molecule has 2 aromatic heterocycles. The second-order valence-corrected chi connectivity index (χ2v) is 5.65. The Bertz CT molecular complexity index is 990. The number of nitrogens with zero attached hydrogens (tertiary/aromatic N) is 3. The van der Waals surface area contributed by atoms with Gasteiger partial charge in [-0.1, -0.05) is 18.5 Å². The molecule has 3 aromatic rings. The summed E-state index contributed by atoms with van der Waals surface area (Å²) in [5, 5.41) is -0.0355. The lowest BCUT2D eigenvalue weighted by Gasteiger charge is -2.17. The van der Waals surface area contributed by atoms with Gasteiger partial charge in [-0.2, -0.15) is 0 Å². The highest BCUT2D eigenvalue weighted by Gasteiger charge is 2.21. The minimum atomic E-state index is -0.680. The van der Waals surface area contributed by atoms with Gasteiger partial charge in [0.05, 0.1) is 34.5 Å². The van der Waals surface area contributed by atoms with E-state index in [-0.39, 0.29) is 27.4 Å². The van der Waals surface area contributed by atoms with Gasteiger partial charge in [0.25, 0.3) is 5.56 Å². The molecule has 0 aliphatic heterocycles. The SMILES string of the molecule is CC[C@H](N)c1nc2c(F)ccc(Cl)c2c(=O)n1-c1cncc(F)c1. The normalized spacial score (nSPS) is 12.5. The van der Waals surface area contributed by atoms with Crippen LogP contribution in [-0.2, 0) is 0 Å². The first-order valence-electron chi connectivity index (χ1n) is 7.21. The van der Waals surface area contributed by atoms with E-state index in [1.165, 1.54) is 12.3 Å². The third-order valence-electron chi connectivity index (χ3n) is 3.67. The molecular formula is C16H13ClF2N4O. The Labute approximate surface area is 140 Å². The highest BCUT2D eigenvalue weighted by molar-refractivity contribution is 6.35. The van der Waals surface area contributed by atoms with Crippen molar-refractivity contribution in [3.8, 4) is 5.69 Å². The molecule has 124 valence electrons. The third kappa shape index (κ3) is 2.65. The smallest absolute Gasteiger partial charge is 0.267 e. The number of hydrogen-bond acceptors (Lipinski definition) is 4. The van der Waals surface area contributed by atoms with Crippen LogP contribution in [0.4, 0.5) is 8.78 Å². The lowest BCUT2D eigenvalue weighted by atomic mass is 10.1. The van der Waals surface area contributed by atoms with Crippen molar-refractivity contribution in [2.75, 3.05) is 0 Å². The van der Waals surface area contributed by atoms with Crippen LogP contribution in [0.25, 0.3) is 16.6 Å². The molecular weight excluding hydrogens is 338 g/mol. The summed E-state index contributed by atoms with van der Waals surface area (Å²) in [6, 6.07) is 2.88. The average molecular weight is 351 g/mol. The van der Waals surface area contributed by atoms with E-state index in [9.17, 15) is 13.6 Å². The summed E-state index contributed by atoms with van der Waals surface area (Å²) in [5.41, 5.74) is 5.38. The van der Waals surface area contributed by atoms with Gasteiger partial charge in [-0.25, -0.2) is 13.8 Å². The van der Waals surface area contributed by atoms with E-state index in [4.69, 9.17) is 17.3 Å². The van der Waals surface area contributed by atoms with E-state index in [0.717, 1.165) is 22.9 Å². The molecule has 0 saturated heterocycles. The number of aromatic nitrogens is 3. The van der Waals surface area contributed by atoms with Gasteiger partial charge in [0.15, 0.2) is 0 Å². The average Bonchev–Trinajstić information content (AvgIpc) is 2.56. The van der Waals surface area contributed by atoms with Crippen LogP contribution in [0.3, 0.4) is 0 Å². The molecule has 1 aromatic carbocycles. The molecule has 2 N–H and O–H groups in total. The van der Waals surface area contributed by atoms with Crippen LogP contribution >= 0.6 is 11.6 Å². The van der Waals surface area contributed by atoms with Gasteiger partial charge in [0.2, 0.25) is 0 Å². The zero-order valence-electron chi connectivity index (χ0n) is 12.6. The zero-order valence-corrected chi connectivity index (χ0v) is 13.4. The molecule has 24 heavy (non-hydrogen) atoms. The summed E-state index contributed by atoms with van der Waals surface area (Å²) < 4.78 is 28.8. The monoisotopic (exact) mass is 350 g/mol. The topological polar surface area (TPSA) is 73.8 Å². The molecule has 8 heteroatoms. The summed E-state index contributed by atoms with van der Waals surface area (Å²) in [6.07, 6.45) is 2.76. The van der Waals surface area contributed by atoms with Crippen molar-refractivity contribution in [2.24, 2.45) is 5.73 Å². The number of pyridine rings is 1. The summed E-state index contributed by atoms with van der Waals surface area (Å²) in [5.74, 6) is -1.19. The van der Waals surface area contributed by atoms with Crippen molar-refractivity contribution >= 4 is 22.5 Å². The van der Waals surface area contributed by atoms with Crippen molar-refractivity contribution in [3.05, 3.63) is 63.4 Å². The predicted octanol–water partition coefficient (Wildman–Crippen LogP) is 3.12. The quantitative estimate of drug-likeness (QED) is 0.787. The minimum Gasteiger partial charge on any atom is -0.321 e. The first-order valence-corrected chi connectivity index (χ1v) is 7.59. The second kappa shape index (κ2) is 6.26. The van der Waals surface area contributed by atoms with E-state index >= 15 is 0 Å². The maximum atomic E-state index is 14.1. The molecule has 2 heterocycles. The Hall–Kier alpha value is -2.38. The second-order valence-electron chi connectivity index (χ2n) is 5.24. The Balaban J connectivity index is 2.48. The first kappa shape index (κ1) is 16.5. The molecule has 0 unspecified atom stereocenters. The van der Waals surface area contributed by atoms with Crippen LogP contribution in [-0.4, -0.2) is 14.5 Å². The molecule has 1 atom stereocenters. The highest BCUT2D eigenvalue weighted by Crippen LogP contribution is 2.25. The Morgan fingerprint density at radius 3 is 2.75 bits per heavy atom. The van der Waals surface area contributed by atoms with Gasteiger partial charge >= 0.3 is 0 Å². The van der Waals surface area contributed by atoms with E-state index < -0.39 is 23.2 Å². The molecule has 0 amide bonds. The highest BCUT2D eigenvalue weighted by atomic mass is 35.5. The van der Waals surface area contributed by atoms with Crippen molar-refractivity contribution in [2.45, 2.75) is 19.4 Å². The van der Waals surface area contributed by atoms with Crippen molar-refractivity contribution < 1.29 is 8.78 Å². The summed E-state index contributed by atoms with van der Waals surface area (Å²) in [4.78, 5) is 20.9. The number of hydrogen-bond donors (Lipinski definition) is 1. The minimum absolute atomic E-state index is 0.0543. The molecule has 0 spiro atoms. The van der Waals surface area contributed by atoms with Gasteiger partial charge in [-0.15, -0.1) is 0 Å². The fourth-order valence-electron chi connectivity index (χ4n) is 2.44. The Morgan fingerprint density at radius 2 is 2.08 bits per heavy atom. The third-order valence-corrected chi connectivity index (χ3v) is 3.99. The lowest BCUT2D eigenvalue weighted by molar-refractivity contribution is 0.601. The van der Waals surface area contributed by atoms with Gasteiger partial charge in [0.1, 0.15) is 23.0 Å². The predicted molar refractivity (Wildman–Crippen MR) is 87.3 cm³/mol. The van der Waals surface area contributed by atoms with E-state index in [0.29, 0.717) is 6.42 Å². The number of nitrogens with two attached hydrogens (primary N) is 1. The number of halogens is 3. The van der Waals surface area contributed by atoms with Crippen molar-refractivity contribution in [3.63, 3.8) is 0 Å². The zero-order chi connectivity index (χ0) is 17.4. The molecule has 5 nitrogen and oxygen atoms in total. The van der Waals surface area contributed by atoms with Crippen LogP contribution in [0, 0.1) is 11.6 Å². The molecule has 0 bridgehead atoms. The molecule has 0 aliphatic rings. The maximum absolute atomic E-state index is 14.1. The van der Waals surface area contributed by atoms with Gasteiger partial charge < -0.3 is 5.73 Å². The van der Waals surface area contributed by atoms with Crippen LogP contribution in [0.15, 0.2) is 35.4 Å². The summed E-state index contributed by atoms with van der Waals surface area (Å²) in [7, 11) is 0. The number of rotatable bonds is 3. The lowest BCUT2D eigenvalue weighted by Crippen LogP contribution is -2.29. The summed E-state index contributed by atoms with van der Waals surface area (Å²) in [6.45, 7) is 1.80. The fourth-order valence-corrected chi connectivity index (χ4v) is 2.67. The summed E-state index contributed by atoms with van der Waals surface area (Å²) >= 11 is 6.05. The molecule has 0 saturated carbocycles. The number of benzene rings is 1. The fraction of sp³-hybridized carbons (Fsp3) is 0.188. The van der Waals surface area contributed by atoms with Crippen LogP contribution in [0.2, 0.25) is 5.02 Å². The Kier molecular flexibility index (Phi) is 4.29. The molecule has 0 fully saturated rings. The molecule has 3 rings (SSSR count). The largest absolute Gasteiger partial charge is 0.321 e. The van der Waals surface area contributed by atoms with E-state index in [1.54, 1.807) is 6.92 Å². The van der Waals surface area contributed by atoms with Crippen LogP contribution in [0.5, 0.6) is 0 Å². The van der Waals surface area contributed by atoms with E-state index in [1.807, 2.05) is 0 Å². The first-order chi connectivity index (χ1) is 11.4. The van der Waals surface area contributed by atoms with Gasteiger partial charge in [0, 0.05) is 6.07 Å².